The highest BCUT2D eigenvalue weighted by Crippen LogP contribution is 2.41. The molecule has 0 radical (unpaired) electrons. The molecule has 3 aromatic rings. The van der Waals surface area contributed by atoms with Gasteiger partial charge in [0.2, 0.25) is 0 Å². The molecule has 0 bridgehead atoms. The summed E-state index contributed by atoms with van der Waals surface area (Å²) in [5, 5.41) is 4.11. The van der Waals surface area contributed by atoms with Crippen molar-refractivity contribution in [3.8, 4) is 16.9 Å². The van der Waals surface area contributed by atoms with Crippen molar-refractivity contribution in [3.63, 3.8) is 0 Å². The van der Waals surface area contributed by atoms with Gasteiger partial charge in [0, 0.05) is 16.5 Å². The Morgan fingerprint density at radius 2 is 1.81 bits per heavy atom. The predicted molar refractivity (Wildman–Crippen MR) is 111 cm³/mol. The third kappa shape index (κ3) is 4.41. The van der Waals surface area contributed by atoms with Gasteiger partial charge >= 0.3 is 5.97 Å². The summed E-state index contributed by atoms with van der Waals surface area (Å²) in [6.45, 7) is 3.59. The molecule has 5 nitrogen and oxygen atoms in total. The molecule has 0 unspecified atom stereocenters. The van der Waals surface area contributed by atoms with Gasteiger partial charge in [-0.2, -0.15) is 0 Å². The molecule has 0 fully saturated rings. The molecule has 9 heteroatoms. The van der Waals surface area contributed by atoms with Gasteiger partial charge in [-0.15, -0.1) is 11.3 Å². The molecule has 0 aliphatic rings. The van der Waals surface area contributed by atoms with Gasteiger partial charge in [0.15, 0.2) is 17.5 Å². The molecule has 0 aliphatic heterocycles. The van der Waals surface area contributed by atoms with Gasteiger partial charge in [-0.25, -0.2) is 18.0 Å². The highest BCUT2D eigenvalue weighted by molar-refractivity contribution is 7.15. The fourth-order valence-electron chi connectivity index (χ4n) is 2.96. The van der Waals surface area contributed by atoms with Gasteiger partial charge in [-0.1, -0.05) is 11.6 Å². The van der Waals surface area contributed by atoms with E-state index >= 15 is 0 Å². The van der Waals surface area contributed by atoms with Crippen LogP contribution in [0.4, 0.5) is 18.2 Å². The molecule has 1 heterocycles. The number of amides is 1. The number of esters is 1. The molecule has 2 aromatic carbocycles. The van der Waals surface area contributed by atoms with Crippen LogP contribution in [0.25, 0.3) is 11.1 Å². The van der Waals surface area contributed by atoms with Gasteiger partial charge < -0.3 is 14.8 Å². The quantitative estimate of drug-likeness (QED) is 0.394. The van der Waals surface area contributed by atoms with Gasteiger partial charge in [0.25, 0.3) is 5.91 Å². The van der Waals surface area contributed by atoms with Crippen LogP contribution in [0.2, 0.25) is 0 Å². The zero-order valence-corrected chi connectivity index (χ0v) is 17.7. The first-order valence-electron chi connectivity index (χ1n) is 9.16. The maximum Gasteiger partial charge on any atom is 0.341 e. The number of hydrogen-bond acceptors (Lipinski definition) is 5. The van der Waals surface area contributed by atoms with Crippen LogP contribution < -0.4 is 10.1 Å². The zero-order chi connectivity index (χ0) is 22.7. The van der Waals surface area contributed by atoms with E-state index in [9.17, 15) is 22.8 Å². The number of hydrogen-bond donors (Lipinski definition) is 1. The molecule has 0 atom stereocenters. The Kier molecular flexibility index (Phi) is 6.65. The molecule has 31 heavy (non-hydrogen) atoms. The van der Waals surface area contributed by atoms with E-state index in [1.165, 1.54) is 7.11 Å². The van der Waals surface area contributed by atoms with E-state index in [2.05, 4.69) is 5.32 Å². The Hall–Kier alpha value is -3.33. The van der Waals surface area contributed by atoms with Crippen molar-refractivity contribution in [2.75, 3.05) is 19.0 Å². The third-order valence-corrected chi connectivity index (χ3v) is 5.32. The van der Waals surface area contributed by atoms with Gasteiger partial charge in [0.05, 0.1) is 19.3 Å². The number of aryl methyl sites for hydroxylation is 1. The minimum atomic E-state index is -1.75. The van der Waals surface area contributed by atoms with Gasteiger partial charge in [-0.3, -0.25) is 4.79 Å². The summed E-state index contributed by atoms with van der Waals surface area (Å²) in [6, 6.07) is 6.87. The van der Waals surface area contributed by atoms with Crippen molar-refractivity contribution in [1.29, 1.82) is 0 Å². The van der Waals surface area contributed by atoms with Crippen LogP contribution in [0.15, 0.2) is 35.7 Å². The van der Waals surface area contributed by atoms with E-state index in [0.717, 1.165) is 23.0 Å². The van der Waals surface area contributed by atoms with Crippen molar-refractivity contribution in [2.45, 2.75) is 13.8 Å². The van der Waals surface area contributed by atoms with Gasteiger partial charge in [-0.05, 0) is 38.1 Å². The topological polar surface area (TPSA) is 64.6 Å². The zero-order valence-electron chi connectivity index (χ0n) is 16.8. The molecule has 0 saturated carbocycles. The van der Waals surface area contributed by atoms with Crippen LogP contribution in [0.3, 0.4) is 0 Å². The molecule has 0 spiro atoms. The first-order chi connectivity index (χ1) is 14.8. The number of ether oxygens (including phenoxy) is 2. The van der Waals surface area contributed by atoms with E-state index in [1.807, 2.05) is 19.1 Å². The van der Waals surface area contributed by atoms with Gasteiger partial charge in [0.1, 0.15) is 16.3 Å². The molecule has 1 aromatic heterocycles. The predicted octanol–water partition coefficient (Wildman–Crippen LogP) is 5.58. The Labute approximate surface area is 180 Å². The number of nitrogens with one attached hydrogen (secondary N) is 1. The number of halogens is 3. The van der Waals surface area contributed by atoms with Crippen LogP contribution in [0.1, 0.15) is 33.2 Å². The SMILES string of the molecule is CCOC(=O)c1c(-c2cc(C)ccc2OC)csc1NC(=O)c1ccc(F)c(F)c1F. The minimum absolute atomic E-state index is 0.0482. The Balaban J connectivity index is 2.08. The number of rotatable bonds is 6. The molecular weight excluding hydrogens is 431 g/mol. The number of carbonyl (C=O) groups is 2. The van der Waals surface area contributed by atoms with Crippen LogP contribution in [-0.2, 0) is 4.74 Å². The van der Waals surface area contributed by atoms with Crippen LogP contribution in [0, 0.1) is 24.4 Å². The Bertz CT molecular complexity index is 1160. The molecular formula is C22H18F3NO4S. The lowest BCUT2D eigenvalue weighted by Gasteiger charge is -2.12. The lowest BCUT2D eigenvalue weighted by Crippen LogP contribution is -2.17. The lowest BCUT2D eigenvalue weighted by molar-refractivity contribution is 0.0529. The fraction of sp³-hybridized carbons (Fsp3) is 0.182. The largest absolute Gasteiger partial charge is 0.496 e. The van der Waals surface area contributed by atoms with Crippen molar-refractivity contribution in [2.24, 2.45) is 0 Å². The van der Waals surface area contributed by atoms with Crippen LogP contribution >= 0.6 is 11.3 Å². The van der Waals surface area contributed by atoms with E-state index in [-0.39, 0.29) is 17.2 Å². The van der Waals surface area contributed by atoms with Crippen LogP contribution in [0.5, 0.6) is 5.75 Å². The standard InChI is InChI=1S/C22H18F3NO4S/c1-4-30-22(28)17-14(13-9-11(2)5-8-16(13)29-3)10-31-21(17)26-20(27)12-6-7-15(23)19(25)18(12)24/h5-10H,4H2,1-3H3,(H,26,27). The Morgan fingerprint density at radius 3 is 2.48 bits per heavy atom. The summed E-state index contributed by atoms with van der Waals surface area (Å²) in [5.41, 5.74) is 1.31. The smallest absolute Gasteiger partial charge is 0.341 e. The summed E-state index contributed by atoms with van der Waals surface area (Å²) in [7, 11) is 1.49. The highest BCUT2D eigenvalue weighted by atomic mass is 32.1. The second kappa shape index (κ2) is 9.22. The highest BCUT2D eigenvalue weighted by Gasteiger charge is 2.26. The molecule has 1 amide bonds. The molecule has 162 valence electrons. The number of thiophene rings is 1. The number of anilines is 1. The average molecular weight is 449 g/mol. The molecule has 0 saturated heterocycles. The van der Waals surface area contributed by atoms with Crippen LogP contribution in [-0.4, -0.2) is 25.6 Å². The number of carbonyl (C=O) groups excluding carboxylic acids is 2. The summed E-state index contributed by atoms with van der Waals surface area (Å²) >= 11 is 1.01. The number of benzene rings is 2. The summed E-state index contributed by atoms with van der Waals surface area (Å²) in [4.78, 5) is 25.2. The summed E-state index contributed by atoms with van der Waals surface area (Å²) < 4.78 is 51.3. The second-order valence-electron chi connectivity index (χ2n) is 6.45. The lowest BCUT2D eigenvalue weighted by atomic mass is 10.0. The van der Waals surface area contributed by atoms with E-state index in [0.29, 0.717) is 22.9 Å². The monoisotopic (exact) mass is 449 g/mol. The maximum absolute atomic E-state index is 14.0. The normalized spacial score (nSPS) is 10.6. The third-order valence-electron chi connectivity index (χ3n) is 4.42. The molecule has 0 aliphatic carbocycles. The van der Waals surface area contributed by atoms with Crippen molar-refractivity contribution in [1.82, 2.24) is 0 Å². The van der Waals surface area contributed by atoms with Crippen molar-refractivity contribution >= 4 is 28.2 Å². The first kappa shape index (κ1) is 22.4. The molecule has 1 N–H and O–H groups in total. The minimum Gasteiger partial charge on any atom is -0.496 e. The molecule has 3 rings (SSSR count). The number of methoxy groups -OCH3 is 1. The van der Waals surface area contributed by atoms with E-state index < -0.39 is 34.9 Å². The van der Waals surface area contributed by atoms with E-state index in [4.69, 9.17) is 9.47 Å². The second-order valence-corrected chi connectivity index (χ2v) is 7.33. The Morgan fingerprint density at radius 1 is 1.06 bits per heavy atom. The maximum atomic E-state index is 14.0. The van der Waals surface area contributed by atoms with Crippen molar-refractivity contribution in [3.05, 3.63) is 69.9 Å². The first-order valence-corrected chi connectivity index (χ1v) is 10.0. The summed E-state index contributed by atoms with van der Waals surface area (Å²) in [6.07, 6.45) is 0. The van der Waals surface area contributed by atoms with Crippen molar-refractivity contribution < 1.29 is 32.2 Å². The van der Waals surface area contributed by atoms with E-state index in [1.54, 1.807) is 18.4 Å². The fourth-order valence-corrected chi connectivity index (χ4v) is 3.90. The average Bonchev–Trinajstić information content (AvgIpc) is 3.15. The summed E-state index contributed by atoms with van der Waals surface area (Å²) in [5.74, 6) is -6.03.